The number of anilines is 1. The Morgan fingerprint density at radius 2 is 2.04 bits per heavy atom. The molecule has 1 N–H and O–H groups in total. The zero-order valence-electron chi connectivity index (χ0n) is 16.2. The molecule has 0 saturated carbocycles. The van der Waals surface area contributed by atoms with Crippen molar-refractivity contribution in [3.63, 3.8) is 0 Å². The second kappa shape index (κ2) is 9.71. The molecule has 2 aromatic rings. The first-order valence-electron chi connectivity index (χ1n) is 9.67. The van der Waals surface area contributed by atoms with Gasteiger partial charge in [-0.1, -0.05) is 19.1 Å². The number of likely N-dealkylation sites (N-methyl/N-ethyl adjacent to an activating group) is 1. The van der Waals surface area contributed by atoms with Gasteiger partial charge in [0.15, 0.2) is 0 Å². The van der Waals surface area contributed by atoms with Crippen LogP contribution in [0.15, 0.2) is 35.8 Å². The maximum Gasteiger partial charge on any atom is 0.317 e. The van der Waals surface area contributed by atoms with Gasteiger partial charge in [0.25, 0.3) is 0 Å². The highest BCUT2D eigenvalue weighted by Gasteiger charge is 2.17. The number of pyridine rings is 1. The lowest BCUT2D eigenvalue weighted by Gasteiger charge is -2.34. The number of hydrogen-bond donors (Lipinski definition) is 1. The third-order valence-electron chi connectivity index (χ3n) is 4.99. The van der Waals surface area contributed by atoms with Crippen LogP contribution < -0.4 is 10.2 Å². The maximum absolute atomic E-state index is 12.4. The summed E-state index contributed by atoms with van der Waals surface area (Å²) in [5, 5.41) is 5.04. The van der Waals surface area contributed by atoms with E-state index in [2.05, 4.69) is 45.2 Å². The van der Waals surface area contributed by atoms with Crippen molar-refractivity contribution in [2.45, 2.75) is 26.9 Å². The zero-order valence-corrected chi connectivity index (χ0v) is 17.0. The number of carbonyl (C=O) groups is 1. The fraction of sp³-hybridized carbons (Fsp3) is 0.500. The van der Waals surface area contributed by atoms with Crippen molar-refractivity contribution >= 4 is 23.2 Å². The predicted octanol–water partition coefficient (Wildman–Crippen LogP) is 3.02. The molecule has 146 valence electrons. The molecule has 1 fully saturated rings. The van der Waals surface area contributed by atoms with Gasteiger partial charge in [0.05, 0.1) is 6.54 Å². The topological polar surface area (TPSA) is 51.7 Å². The van der Waals surface area contributed by atoms with Gasteiger partial charge in [-0.15, -0.1) is 11.3 Å². The molecular formula is C20H29N5OS. The third kappa shape index (κ3) is 5.43. The van der Waals surface area contributed by atoms with Crippen molar-refractivity contribution < 1.29 is 4.79 Å². The van der Waals surface area contributed by atoms with Crippen molar-refractivity contribution in [1.82, 2.24) is 20.1 Å². The van der Waals surface area contributed by atoms with Crippen LogP contribution in [0.4, 0.5) is 10.6 Å². The zero-order chi connectivity index (χ0) is 19.1. The van der Waals surface area contributed by atoms with E-state index in [4.69, 9.17) is 0 Å². The van der Waals surface area contributed by atoms with Crippen LogP contribution in [0.25, 0.3) is 0 Å². The maximum atomic E-state index is 12.4. The number of nitrogens with one attached hydrogen (secondary N) is 1. The predicted molar refractivity (Wildman–Crippen MR) is 111 cm³/mol. The summed E-state index contributed by atoms with van der Waals surface area (Å²) in [5.41, 5.74) is 1.02. The van der Waals surface area contributed by atoms with Crippen LogP contribution in [0.1, 0.15) is 24.3 Å². The van der Waals surface area contributed by atoms with Gasteiger partial charge in [0.1, 0.15) is 5.82 Å². The molecule has 3 rings (SSSR count). The lowest BCUT2D eigenvalue weighted by molar-refractivity contribution is 0.198. The molecule has 0 unspecified atom stereocenters. The monoisotopic (exact) mass is 387 g/mol. The minimum Gasteiger partial charge on any atom is -0.354 e. The van der Waals surface area contributed by atoms with E-state index in [-0.39, 0.29) is 6.03 Å². The molecule has 3 heterocycles. The second-order valence-electron chi connectivity index (χ2n) is 6.70. The number of amides is 2. The van der Waals surface area contributed by atoms with Gasteiger partial charge in [-0.05, 0) is 36.5 Å². The number of aromatic nitrogens is 1. The highest BCUT2D eigenvalue weighted by molar-refractivity contribution is 7.09. The second-order valence-corrected chi connectivity index (χ2v) is 7.73. The number of nitrogens with zero attached hydrogens (tertiary/aromatic N) is 4. The molecule has 1 aliphatic rings. The summed E-state index contributed by atoms with van der Waals surface area (Å²) in [6.45, 7) is 11.4. The molecule has 7 heteroatoms. The molecule has 2 amide bonds. The molecule has 6 nitrogen and oxygen atoms in total. The summed E-state index contributed by atoms with van der Waals surface area (Å²) in [6.07, 6.45) is 1.87. The molecule has 1 saturated heterocycles. The molecular weight excluding hydrogens is 358 g/mol. The van der Waals surface area contributed by atoms with E-state index in [0.29, 0.717) is 19.6 Å². The first kappa shape index (κ1) is 19.6. The molecule has 0 bridgehead atoms. The van der Waals surface area contributed by atoms with Gasteiger partial charge in [-0.25, -0.2) is 9.78 Å². The SMILES string of the molecule is CCN1CCN(c2ccc(CNC(=O)N(CC)Cc3cccs3)cn2)CC1. The Morgan fingerprint density at radius 3 is 2.63 bits per heavy atom. The first-order valence-corrected chi connectivity index (χ1v) is 10.5. The summed E-state index contributed by atoms with van der Waals surface area (Å²) in [6, 6.07) is 8.16. The van der Waals surface area contributed by atoms with E-state index in [1.54, 1.807) is 11.3 Å². The third-order valence-corrected chi connectivity index (χ3v) is 5.85. The number of rotatable bonds is 7. The molecule has 0 aliphatic carbocycles. The van der Waals surface area contributed by atoms with Gasteiger partial charge in [-0.2, -0.15) is 0 Å². The van der Waals surface area contributed by atoms with Gasteiger partial charge in [0.2, 0.25) is 0 Å². The lowest BCUT2D eigenvalue weighted by atomic mass is 10.2. The number of piperazine rings is 1. The number of thiophene rings is 1. The fourth-order valence-corrected chi connectivity index (χ4v) is 3.93. The van der Waals surface area contributed by atoms with Crippen LogP contribution in [-0.4, -0.2) is 60.1 Å². The Balaban J connectivity index is 1.48. The van der Waals surface area contributed by atoms with E-state index in [1.165, 1.54) is 4.88 Å². The van der Waals surface area contributed by atoms with Crippen molar-refractivity contribution in [1.29, 1.82) is 0 Å². The normalized spacial score (nSPS) is 15.0. The van der Waals surface area contributed by atoms with Crippen LogP contribution in [0.3, 0.4) is 0 Å². The summed E-state index contributed by atoms with van der Waals surface area (Å²) in [5.74, 6) is 1.02. The smallest absolute Gasteiger partial charge is 0.317 e. The average molecular weight is 388 g/mol. The largest absolute Gasteiger partial charge is 0.354 e. The minimum absolute atomic E-state index is 0.0364. The summed E-state index contributed by atoms with van der Waals surface area (Å²) >= 11 is 1.68. The van der Waals surface area contributed by atoms with Gasteiger partial charge in [-0.3, -0.25) is 0 Å². The molecule has 0 radical (unpaired) electrons. The molecule has 2 aromatic heterocycles. The van der Waals surface area contributed by atoms with Gasteiger partial charge >= 0.3 is 6.03 Å². The van der Waals surface area contributed by atoms with Crippen molar-refractivity contribution in [2.24, 2.45) is 0 Å². The van der Waals surface area contributed by atoms with E-state index in [1.807, 2.05) is 29.5 Å². The van der Waals surface area contributed by atoms with Crippen LogP contribution in [0, 0.1) is 0 Å². The number of hydrogen-bond acceptors (Lipinski definition) is 5. The molecule has 0 spiro atoms. The molecule has 0 aromatic carbocycles. The van der Waals surface area contributed by atoms with Crippen molar-refractivity contribution in [3.05, 3.63) is 46.3 Å². The molecule has 27 heavy (non-hydrogen) atoms. The quantitative estimate of drug-likeness (QED) is 0.793. The minimum atomic E-state index is -0.0364. The van der Waals surface area contributed by atoms with E-state index >= 15 is 0 Å². The number of carbonyl (C=O) groups excluding carboxylic acids is 1. The highest BCUT2D eigenvalue weighted by atomic mass is 32.1. The summed E-state index contributed by atoms with van der Waals surface area (Å²) < 4.78 is 0. The lowest BCUT2D eigenvalue weighted by Crippen LogP contribution is -2.46. The molecule has 1 aliphatic heterocycles. The van der Waals surface area contributed by atoms with E-state index in [9.17, 15) is 4.79 Å². The van der Waals surface area contributed by atoms with Crippen LogP contribution >= 0.6 is 11.3 Å². The molecule has 0 atom stereocenters. The van der Waals surface area contributed by atoms with Crippen LogP contribution in [0.5, 0.6) is 0 Å². The van der Waals surface area contributed by atoms with Crippen LogP contribution in [-0.2, 0) is 13.1 Å². The summed E-state index contributed by atoms with van der Waals surface area (Å²) in [7, 11) is 0. The average Bonchev–Trinajstić information content (AvgIpc) is 3.24. The standard InChI is InChI=1S/C20H29N5OS/c1-3-23-9-11-25(12-10-23)19-8-7-17(14-21-19)15-22-20(26)24(4-2)16-18-6-5-13-27-18/h5-8,13-14H,3-4,9-12,15-16H2,1-2H3,(H,22,26). The van der Waals surface area contributed by atoms with Crippen LogP contribution in [0.2, 0.25) is 0 Å². The Labute approximate surface area is 165 Å². The van der Waals surface area contributed by atoms with Gasteiger partial charge < -0.3 is 20.0 Å². The Bertz CT molecular complexity index is 696. The Kier molecular flexibility index (Phi) is 7.06. The van der Waals surface area contributed by atoms with E-state index in [0.717, 1.165) is 44.1 Å². The summed E-state index contributed by atoms with van der Waals surface area (Å²) in [4.78, 5) is 24.8. The van der Waals surface area contributed by atoms with Crippen molar-refractivity contribution in [2.75, 3.05) is 44.2 Å². The first-order chi connectivity index (χ1) is 13.2. The van der Waals surface area contributed by atoms with Crippen molar-refractivity contribution in [3.8, 4) is 0 Å². The number of urea groups is 1. The highest BCUT2D eigenvalue weighted by Crippen LogP contribution is 2.15. The Morgan fingerprint density at radius 1 is 1.22 bits per heavy atom. The van der Waals surface area contributed by atoms with E-state index < -0.39 is 0 Å². The fourth-order valence-electron chi connectivity index (χ4n) is 3.21. The Hall–Kier alpha value is -2.12. The van der Waals surface area contributed by atoms with Gasteiger partial charge in [0, 0.05) is 50.3 Å².